The van der Waals surface area contributed by atoms with Crippen molar-refractivity contribution in [3.63, 3.8) is 0 Å². The number of benzene rings is 1. The summed E-state index contributed by atoms with van der Waals surface area (Å²) in [5.74, 6) is 0.00751. The number of hydrogen-bond acceptors (Lipinski definition) is 4. The first kappa shape index (κ1) is 17.1. The summed E-state index contributed by atoms with van der Waals surface area (Å²) < 4.78 is 1.80. The highest BCUT2D eigenvalue weighted by molar-refractivity contribution is 5.97. The van der Waals surface area contributed by atoms with Gasteiger partial charge in [0.2, 0.25) is 0 Å². The maximum Gasteiger partial charge on any atom is 0.253 e. The number of fused-ring (bicyclic) bond motifs is 1. The molecule has 0 aliphatic carbocycles. The zero-order chi connectivity index (χ0) is 18.0. The second-order valence-corrected chi connectivity index (χ2v) is 6.45. The molecule has 1 amide bonds. The van der Waals surface area contributed by atoms with E-state index in [-0.39, 0.29) is 5.91 Å². The molecule has 0 bridgehead atoms. The first-order valence-electron chi connectivity index (χ1n) is 8.42. The molecule has 0 aliphatic heterocycles. The van der Waals surface area contributed by atoms with E-state index in [0.29, 0.717) is 12.1 Å². The lowest BCUT2D eigenvalue weighted by Gasteiger charge is -2.17. The van der Waals surface area contributed by atoms with Crippen molar-refractivity contribution in [3.8, 4) is 0 Å². The molecule has 0 saturated carbocycles. The molecular formula is C19H23N5O. The largest absolute Gasteiger partial charge is 0.342 e. The van der Waals surface area contributed by atoms with Crippen LogP contribution in [0.4, 0.5) is 0 Å². The standard InChI is InChI=1S/C19H23N5O/c1-13-14(2)22-18-10-16(7-8-17(18)21-13)19(25)23(3)9-5-6-15-11-20-24(4)12-15/h7-8,10-12H,5-6,9H2,1-4H3. The van der Waals surface area contributed by atoms with Gasteiger partial charge in [-0.1, -0.05) is 0 Å². The summed E-state index contributed by atoms with van der Waals surface area (Å²) in [5, 5.41) is 4.16. The molecule has 2 aromatic heterocycles. The summed E-state index contributed by atoms with van der Waals surface area (Å²) >= 11 is 0. The van der Waals surface area contributed by atoms with Gasteiger partial charge in [-0.3, -0.25) is 9.48 Å². The summed E-state index contributed by atoms with van der Waals surface area (Å²) in [5.41, 5.74) is 5.22. The van der Waals surface area contributed by atoms with Crippen molar-refractivity contribution in [1.82, 2.24) is 24.6 Å². The van der Waals surface area contributed by atoms with Crippen molar-refractivity contribution in [1.29, 1.82) is 0 Å². The number of rotatable bonds is 5. The molecule has 2 heterocycles. The minimum Gasteiger partial charge on any atom is -0.342 e. The Hall–Kier alpha value is -2.76. The molecule has 0 atom stereocenters. The molecule has 0 unspecified atom stereocenters. The number of carbonyl (C=O) groups is 1. The summed E-state index contributed by atoms with van der Waals surface area (Å²) in [6.07, 6.45) is 5.69. The van der Waals surface area contributed by atoms with Crippen molar-refractivity contribution < 1.29 is 4.79 Å². The van der Waals surface area contributed by atoms with Crippen LogP contribution in [0.2, 0.25) is 0 Å². The van der Waals surface area contributed by atoms with E-state index in [4.69, 9.17) is 0 Å². The van der Waals surface area contributed by atoms with Gasteiger partial charge in [0.15, 0.2) is 0 Å². The second kappa shape index (κ2) is 7.01. The second-order valence-electron chi connectivity index (χ2n) is 6.45. The summed E-state index contributed by atoms with van der Waals surface area (Å²) in [6.45, 7) is 4.57. The zero-order valence-electron chi connectivity index (χ0n) is 15.2. The Morgan fingerprint density at radius 3 is 2.56 bits per heavy atom. The molecular weight excluding hydrogens is 314 g/mol. The fourth-order valence-electron chi connectivity index (χ4n) is 2.81. The fraction of sp³-hybridized carbons (Fsp3) is 0.368. The highest BCUT2D eigenvalue weighted by atomic mass is 16.2. The van der Waals surface area contributed by atoms with E-state index >= 15 is 0 Å². The van der Waals surface area contributed by atoms with Gasteiger partial charge in [0.25, 0.3) is 5.91 Å². The van der Waals surface area contributed by atoms with Crippen molar-refractivity contribution in [2.24, 2.45) is 7.05 Å². The van der Waals surface area contributed by atoms with Crippen LogP contribution in [-0.4, -0.2) is 44.1 Å². The summed E-state index contributed by atoms with van der Waals surface area (Å²) in [7, 11) is 3.74. The van der Waals surface area contributed by atoms with Crippen LogP contribution in [0.25, 0.3) is 11.0 Å². The van der Waals surface area contributed by atoms with Gasteiger partial charge in [0.1, 0.15) is 0 Å². The van der Waals surface area contributed by atoms with Crippen LogP contribution >= 0.6 is 0 Å². The molecule has 0 N–H and O–H groups in total. The Labute approximate surface area is 147 Å². The highest BCUT2D eigenvalue weighted by Gasteiger charge is 2.13. The van der Waals surface area contributed by atoms with E-state index in [1.54, 1.807) is 9.58 Å². The molecule has 25 heavy (non-hydrogen) atoms. The fourth-order valence-corrected chi connectivity index (χ4v) is 2.81. The lowest BCUT2D eigenvalue weighted by Crippen LogP contribution is -2.28. The Morgan fingerprint density at radius 2 is 1.88 bits per heavy atom. The normalized spacial score (nSPS) is 11.0. The monoisotopic (exact) mass is 337 g/mol. The molecule has 0 fully saturated rings. The van der Waals surface area contributed by atoms with E-state index in [1.807, 2.05) is 58.5 Å². The molecule has 0 aliphatic rings. The zero-order valence-corrected chi connectivity index (χ0v) is 15.2. The predicted octanol–water partition coefficient (Wildman–Crippen LogP) is 2.68. The van der Waals surface area contributed by atoms with Crippen LogP contribution in [0.5, 0.6) is 0 Å². The van der Waals surface area contributed by atoms with E-state index in [9.17, 15) is 4.79 Å². The number of nitrogens with zero attached hydrogens (tertiary/aromatic N) is 5. The van der Waals surface area contributed by atoms with E-state index in [0.717, 1.165) is 35.3 Å². The maximum absolute atomic E-state index is 12.6. The number of hydrogen-bond donors (Lipinski definition) is 0. The Morgan fingerprint density at radius 1 is 1.16 bits per heavy atom. The van der Waals surface area contributed by atoms with Crippen LogP contribution in [0.3, 0.4) is 0 Å². The van der Waals surface area contributed by atoms with Crippen LogP contribution < -0.4 is 0 Å². The molecule has 3 rings (SSSR count). The van der Waals surface area contributed by atoms with Gasteiger partial charge in [-0.05, 0) is 50.5 Å². The smallest absolute Gasteiger partial charge is 0.253 e. The third-order valence-corrected chi connectivity index (χ3v) is 4.39. The summed E-state index contributed by atoms with van der Waals surface area (Å²) in [6, 6.07) is 5.52. The quantitative estimate of drug-likeness (QED) is 0.718. The summed E-state index contributed by atoms with van der Waals surface area (Å²) in [4.78, 5) is 23.5. The minimum atomic E-state index is 0.00751. The number of aryl methyl sites for hydroxylation is 4. The van der Waals surface area contributed by atoms with Gasteiger partial charge in [-0.2, -0.15) is 5.10 Å². The Kier molecular flexibility index (Phi) is 4.79. The molecule has 0 saturated heterocycles. The van der Waals surface area contributed by atoms with E-state index in [2.05, 4.69) is 15.1 Å². The molecule has 1 aromatic carbocycles. The van der Waals surface area contributed by atoms with Gasteiger partial charge in [0.05, 0.1) is 28.6 Å². The van der Waals surface area contributed by atoms with Gasteiger partial charge < -0.3 is 4.90 Å². The number of amides is 1. The van der Waals surface area contributed by atoms with Crippen molar-refractivity contribution >= 4 is 16.9 Å². The molecule has 130 valence electrons. The highest BCUT2D eigenvalue weighted by Crippen LogP contribution is 2.16. The molecule has 3 aromatic rings. The first-order chi connectivity index (χ1) is 11.9. The number of aromatic nitrogens is 4. The van der Waals surface area contributed by atoms with Gasteiger partial charge >= 0.3 is 0 Å². The first-order valence-corrected chi connectivity index (χ1v) is 8.42. The molecule has 0 radical (unpaired) electrons. The molecule has 6 nitrogen and oxygen atoms in total. The van der Waals surface area contributed by atoms with Crippen LogP contribution in [0.1, 0.15) is 33.7 Å². The van der Waals surface area contributed by atoms with Crippen LogP contribution in [0, 0.1) is 13.8 Å². The van der Waals surface area contributed by atoms with Gasteiger partial charge in [-0.25, -0.2) is 9.97 Å². The average Bonchev–Trinajstić information content (AvgIpc) is 3.00. The van der Waals surface area contributed by atoms with Crippen LogP contribution in [0.15, 0.2) is 30.6 Å². The lowest BCUT2D eigenvalue weighted by atomic mass is 10.1. The molecule has 6 heteroatoms. The van der Waals surface area contributed by atoms with Crippen molar-refractivity contribution in [2.75, 3.05) is 13.6 Å². The molecule has 0 spiro atoms. The third-order valence-electron chi connectivity index (χ3n) is 4.39. The Balaban J connectivity index is 1.66. The lowest BCUT2D eigenvalue weighted by molar-refractivity contribution is 0.0793. The SMILES string of the molecule is Cc1nc2ccc(C(=O)N(C)CCCc3cnn(C)c3)cc2nc1C. The minimum absolute atomic E-state index is 0.00751. The van der Waals surface area contributed by atoms with Crippen molar-refractivity contribution in [3.05, 3.63) is 53.1 Å². The third kappa shape index (κ3) is 3.84. The van der Waals surface area contributed by atoms with Gasteiger partial charge in [0, 0.05) is 32.4 Å². The van der Waals surface area contributed by atoms with Crippen LogP contribution in [-0.2, 0) is 13.5 Å². The van der Waals surface area contributed by atoms with E-state index < -0.39 is 0 Å². The average molecular weight is 337 g/mol. The topological polar surface area (TPSA) is 63.9 Å². The van der Waals surface area contributed by atoms with Crippen molar-refractivity contribution in [2.45, 2.75) is 26.7 Å². The van der Waals surface area contributed by atoms with E-state index in [1.165, 1.54) is 5.56 Å². The number of carbonyl (C=O) groups excluding carboxylic acids is 1. The Bertz CT molecular complexity index is 915. The predicted molar refractivity (Wildman–Crippen MR) is 97.5 cm³/mol. The maximum atomic E-state index is 12.6. The van der Waals surface area contributed by atoms with Gasteiger partial charge in [-0.15, -0.1) is 0 Å².